The highest BCUT2D eigenvalue weighted by atomic mass is 16.6. The Morgan fingerprint density at radius 1 is 1.06 bits per heavy atom. The first kappa shape index (κ1) is 19.8. The molecule has 0 saturated heterocycles. The van der Waals surface area contributed by atoms with Crippen LogP contribution in [0.5, 0.6) is 11.5 Å². The van der Waals surface area contributed by atoms with E-state index in [0.29, 0.717) is 35.7 Å². The second-order valence-electron chi connectivity index (χ2n) is 7.48. The molecule has 0 spiro atoms. The number of hydrogen-bond acceptors (Lipinski definition) is 8. The lowest BCUT2D eigenvalue weighted by Gasteiger charge is -2.39. The van der Waals surface area contributed by atoms with Gasteiger partial charge in [0, 0.05) is 6.54 Å². The average molecular weight is 432 g/mol. The number of rotatable bonds is 5. The van der Waals surface area contributed by atoms with Crippen molar-refractivity contribution in [1.29, 1.82) is 0 Å². The van der Waals surface area contributed by atoms with E-state index in [0.717, 1.165) is 16.7 Å². The molecule has 32 heavy (non-hydrogen) atoms. The molecule has 3 aromatic carbocycles. The standard InChI is InChI=1S/C23H20N4O5/c1-30-19-12-15-10-11-26(18-9-8-17-21(25-32-24-17)23(18)27(28)29)22(14-6-4-3-5-7-14)16(15)13-20(19)31-2/h3-9,12-13,22H,10-11H2,1-2H3. The van der Waals surface area contributed by atoms with E-state index in [-0.39, 0.29) is 17.2 Å². The fraction of sp³-hybridized carbons (Fsp3) is 0.217. The Labute approximate surface area is 183 Å². The third kappa shape index (κ3) is 3.09. The number of benzene rings is 3. The van der Waals surface area contributed by atoms with Crippen LogP contribution in [0, 0.1) is 10.1 Å². The Morgan fingerprint density at radius 3 is 2.53 bits per heavy atom. The van der Waals surface area contributed by atoms with Crippen LogP contribution in [0.25, 0.3) is 11.0 Å². The summed E-state index contributed by atoms with van der Waals surface area (Å²) in [6.45, 7) is 0.569. The van der Waals surface area contributed by atoms with E-state index in [1.54, 1.807) is 26.4 Å². The third-order valence-corrected chi connectivity index (χ3v) is 5.86. The van der Waals surface area contributed by atoms with Gasteiger partial charge in [-0.2, -0.15) is 0 Å². The van der Waals surface area contributed by atoms with Crippen molar-refractivity contribution in [3.63, 3.8) is 0 Å². The molecule has 1 atom stereocenters. The van der Waals surface area contributed by atoms with Gasteiger partial charge in [-0.1, -0.05) is 30.3 Å². The van der Waals surface area contributed by atoms with Crippen LogP contribution in [-0.4, -0.2) is 36.0 Å². The molecule has 5 rings (SSSR count). The lowest BCUT2D eigenvalue weighted by atomic mass is 9.87. The molecule has 1 aliphatic rings. The van der Waals surface area contributed by atoms with Crippen molar-refractivity contribution in [2.45, 2.75) is 12.5 Å². The minimum Gasteiger partial charge on any atom is -0.493 e. The monoisotopic (exact) mass is 432 g/mol. The van der Waals surface area contributed by atoms with Crippen LogP contribution in [0.15, 0.2) is 59.2 Å². The largest absolute Gasteiger partial charge is 0.493 e. The molecule has 0 N–H and O–H groups in total. The topological polar surface area (TPSA) is 104 Å². The zero-order valence-electron chi connectivity index (χ0n) is 17.5. The first-order valence-corrected chi connectivity index (χ1v) is 10.1. The SMILES string of the molecule is COc1cc2c(cc1OC)C(c1ccccc1)N(c1ccc3nonc3c1[N+](=O)[O-])CC2. The Kier molecular flexibility index (Phi) is 4.85. The van der Waals surface area contributed by atoms with E-state index in [1.807, 2.05) is 47.4 Å². The lowest BCUT2D eigenvalue weighted by Crippen LogP contribution is -2.36. The number of aromatic nitrogens is 2. The molecule has 162 valence electrons. The molecule has 2 heterocycles. The predicted octanol–water partition coefficient (Wildman–Crippen LogP) is 4.30. The van der Waals surface area contributed by atoms with Crippen molar-refractivity contribution in [3.05, 3.63) is 81.4 Å². The minimum absolute atomic E-state index is 0.117. The second kappa shape index (κ2) is 7.84. The third-order valence-electron chi connectivity index (χ3n) is 5.86. The van der Waals surface area contributed by atoms with Crippen LogP contribution in [0.2, 0.25) is 0 Å². The molecule has 9 nitrogen and oxygen atoms in total. The average Bonchev–Trinajstić information content (AvgIpc) is 3.31. The molecule has 0 radical (unpaired) electrons. The summed E-state index contributed by atoms with van der Waals surface area (Å²) >= 11 is 0. The van der Waals surface area contributed by atoms with Gasteiger partial charge in [0.15, 0.2) is 11.5 Å². The molecule has 0 amide bonds. The normalized spacial score (nSPS) is 15.4. The van der Waals surface area contributed by atoms with Crippen LogP contribution < -0.4 is 14.4 Å². The van der Waals surface area contributed by atoms with Crippen LogP contribution in [0.3, 0.4) is 0 Å². The van der Waals surface area contributed by atoms with Gasteiger partial charge < -0.3 is 14.4 Å². The van der Waals surface area contributed by atoms with E-state index in [4.69, 9.17) is 14.1 Å². The van der Waals surface area contributed by atoms with Gasteiger partial charge in [0.25, 0.3) is 0 Å². The Bertz CT molecular complexity index is 1300. The van der Waals surface area contributed by atoms with Gasteiger partial charge in [0.1, 0.15) is 11.2 Å². The molecule has 0 saturated carbocycles. The summed E-state index contributed by atoms with van der Waals surface area (Å²) in [6.07, 6.45) is 0.686. The zero-order valence-corrected chi connectivity index (χ0v) is 17.5. The Morgan fingerprint density at radius 2 is 1.81 bits per heavy atom. The highest BCUT2D eigenvalue weighted by Crippen LogP contribution is 2.45. The number of nitro groups is 1. The smallest absolute Gasteiger partial charge is 0.323 e. The van der Waals surface area contributed by atoms with E-state index in [1.165, 1.54) is 0 Å². The number of anilines is 1. The molecule has 0 bridgehead atoms. The Balaban J connectivity index is 1.74. The van der Waals surface area contributed by atoms with E-state index in [2.05, 4.69) is 10.3 Å². The van der Waals surface area contributed by atoms with Crippen LogP contribution in [0.4, 0.5) is 11.4 Å². The summed E-state index contributed by atoms with van der Waals surface area (Å²) in [7, 11) is 3.21. The van der Waals surface area contributed by atoms with Gasteiger partial charge in [-0.15, -0.1) is 0 Å². The summed E-state index contributed by atoms with van der Waals surface area (Å²) in [4.78, 5) is 13.7. The van der Waals surface area contributed by atoms with Gasteiger partial charge in [-0.05, 0) is 57.7 Å². The lowest BCUT2D eigenvalue weighted by molar-refractivity contribution is -0.382. The highest BCUT2D eigenvalue weighted by Gasteiger charge is 2.35. The molecule has 1 aromatic heterocycles. The van der Waals surface area contributed by atoms with Crippen LogP contribution in [-0.2, 0) is 6.42 Å². The number of ether oxygens (including phenoxy) is 2. The van der Waals surface area contributed by atoms with Crippen molar-refractivity contribution in [1.82, 2.24) is 10.3 Å². The van der Waals surface area contributed by atoms with Crippen molar-refractivity contribution in [2.24, 2.45) is 0 Å². The maximum absolute atomic E-state index is 12.1. The van der Waals surface area contributed by atoms with Crippen molar-refractivity contribution >= 4 is 22.4 Å². The molecular formula is C23H20N4O5. The summed E-state index contributed by atoms with van der Waals surface area (Å²) in [6, 6.07) is 17.0. The fourth-order valence-corrected chi connectivity index (χ4v) is 4.44. The quantitative estimate of drug-likeness (QED) is 0.340. The number of nitro benzene ring substituents is 1. The summed E-state index contributed by atoms with van der Waals surface area (Å²) < 4.78 is 15.8. The van der Waals surface area contributed by atoms with Gasteiger partial charge >= 0.3 is 5.69 Å². The molecule has 9 heteroatoms. The Hall–Kier alpha value is -4.14. The van der Waals surface area contributed by atoms with Crippen LogP contribution in [0.1, 0.15) is 22.7 Å². The van der Waals surface area contributed by atoms with Crippen molar-refractivity contribution < 1.29 is 19.0 Å². The second-order valence-corrected chi connectivity index (χ2v) is 7.48. The molecule has 0 fully saturated rings. The number of hydrogen-bond donors (Lipinski definition) is 0. The summed E-state index contributed by atoms with van der Waals surface area (Å²) in [5, 5.41) is 19.6. The predicted molar refractivity (Wildman–Crippen MR) is 117 cm³/mol. The summed E-state index contributed by atoms with van der Waals surface area (Å²) in [5.41, 5.74) is 3.96. The van der Waals surface area contributed by atoms with Crippen molar-refractivity contribution in [2.75, 3.05) is 25.7 Å². The van der Waals surface area contributed by atoms with Crippen LogP contribution >= 0.6 is 0 Å². The van der Waals surface area contributed by atoms with E-state index >= 15 is 0 Å². The van der Waals surface area contributed by atoms with Gasteiger partial charge in [-0.3, -0.25) is 10.1 Å². The maximum atomic E-state index is 12.1. The minimum atomic E-state index is -0.423. The molecule has 1 aliphatic heterocycles. The molecule has 4 aromatic rings. The summed E-state index contributed by atoms with van der Waals surface area (Å²) in [5.74, 6) is 1.27. The van der Waals surface area contributed by atoms with Crippen molar-refractivity contribution in [3.8, 4) is 11.5 Å². The zero-order chi connectivity index (χ0) is 22.2. The van der Waals surface area contributed by atoms with Gasteiger partial charge in [0.2, 0.25) is 5.52 Å². The van der Waals surface area contributed by atoms with E-state index < -0.39 is 4.92 Å². The van der Waals surface area contributed by atoms with E-state index in [9.17, 15) is 10.1 Å². The number of methoxy groups -OCH3 is 2. The highest BCUT2D eigenvalue weighted by molar-refractivity contribution is 5.91. The fourth-order valence-electron chi connectivity index (χ4n) is 4.44. The maximum Gasteiger partial charge on any atom is 0.323 e. The van der Waals surface area contributed by atoms with Gasteiger partial charge in [0.05, 0.1) is 25.2 Å². The molecule has 0 aliphatic carbocycles. The first-order chi connectivity index (χ1) is 15.6. The number of fused-ring (bicyclic) bond motifs is 2. The molecular weight excluding hydrogens is 412 g/mol. The van der Waals surface area contributed by atoms with Gasteiger partial charge in [-0.25, -0.2) is 4.63 Å². The molecule has 1 unspecified atom stereocenters. The first-order valence-electron chi connectivity index (χ1n) is 10.1. The number of nitrogens with zero attached hydrogens (tertiary/aromatic N) is 4.